The molecule has 126 valence electrons. The van der Waals surface area contributed by atoms with Crippen LogP contribution >= 0.6 is 11.6 Å². The smallest absolute Gasteiger partial charge is 0.222 e. The molecule has 1 atom stereocenters. The Morgan fingerprint density at radius 2 is 2.12 bits per heavy atom. The Balaban J connectivity index is 1.43. The Hall–Kier alpha value is -2.07. The lowest BCUT2D eigenvalue weighted by Gasteiger charge is -2.17. The van der Waals surface area contributed by atoms with Gasteiger partial charge in [0, 0.05) is 37.8 Å². The van der Waals surface area contributed by atoms with Gasteiger partial charge in [0.2, 0.25) is 5.91 Å². The summed E-state index contributed by atoms with van der Waals surface area (Å²) in [6, 6.07) is 12.0. The zero-order valence-electron chi connectivity index (χ0n) is 13.5. The first kappa shape index (κ1) is 16.8. The van der Waals surface area contributed by atoms with E-state index in [9.17, 15) is 4.79 Å². The largest absolute Gasteiger partial charge is 0.487 e. The monoisotopic (exact) mass is 344 g/mol. The molecule has 0 bridgehead atoms. The van der Waals surface area contributed by atoms with Crippen molar-refractivity contribution in [3.05, 3.63) is 59.4 Å². The summed E-state index contributed by atoms with van der Waals surface area (Å²) >= 11 is 6.06. The van der Waals surface area contributed by atoms with Crippen molar-refractivity contribution in [2.24, 2.45) is 0 Å². The first-order chi connectivity index (χ1) is 11.7. The van der Waals surface area contributed by atoms with E-state index in [0.717, 1.165) is 25.8 Å². The molecule has 1 amide bonds. The van der Waals surface area contributed by atoms with Crippen molar-refractivity contribution in [1.82, 2.24) is 9.88 Å². The number of aryl methyl sites for hydroxylation is 1. The second kappa shape index (κ2) is 8.15. The topological polar surface area (TPSA) is 42.4 Å². The fourth-order valence-electron chi connectivity index (χ4n) is 2.94. The number of carbonyl (C=O) groups excluding carboxylic acids is 1. The molecule has 0 unspecified atom stereocenters. The molecule has 1 aromatic heterocycles. The van der Waals surface area contributed by atoms with Gasteiger partial charge in [-0.2, -0.15) is 0 Å². The summed E-state index contributed by atoms with van der Waals surface area (Å²) in [6.07, 6.45) is 6.46. The van der Waals surface area contributed by atoms with Gasteiger partial charge in [-0.25, -0.2) is 0 Å². The molecular weight excluding hydrogens is 324 g/mol. The molecule has 24 heavy (non-hydrogen) atoms. The first-order valence-corrected chi connectivity index (χ1v) is 8.68. The number of nitrogens with zero attached hydrogens (tertiary/aromatic N) is 2. The minimum absolute atomic E-state index is 0.00275. The van der Waals surface area contributed by atoms with Crippen molar-refractivity contribution < 1.29 is 9.53 Å². The summed E-state index contributed by atoms with van der Waals surface area (Å²) in [5.41, 5.74) is 1.28. The molecule has 0 saturated carbocycles. The van der Waals surface area contributed by atoms with Crippen molar-refractivity contribution in [3.8, 4) is 5.75 Å². The number of hydrogen-bond donors (Lipinski definition) is 0. The molecule has 1 aliphatic rings. The number of amides is 1. The summed E-state index contributed by atoms with van der Waals surface area (Å²) in [4.78, 5) is 18.2. The highest BCUT2D eigenvalue weighted by atomic mass is 35.5. The average Bonchev–Trinajstić information content (AvgIpc) is 3.07. The van der Waals surface area contributed by atoms with Crippen LogP contribution in [0.5, 0.6) is 5.75 Å². The van der Waals surface area contributed by atoms with Gasteiger partial charge in [-0.1, -0.05) is 41.9 Å². The number of pyridine rings is 1. The van der Waals surface area contributed by atoms with E-state index in [4.69, 9.17) is 16.3 Å². The van der Waals surface area contributed by atoms with Crippen LogP contribution in [0.3, 0.4) is 0 Å². The summed E-state index contributed by atoms with van der Waals surface area (Å²) < 4.78 is 5.89. The molecule has 0 N–H and O–H groups in total. The lowest BCUT2D eigenvalue weighted by molar-refractivity contribution is -0.130. The third-order valence-corrected chi connectivity index (χ3v) is 4.51. The Labute approximate surface area is 147 Å². The van der Waals surface area contributed by atoms with Crippen LogP contribution in [0.1, 0.15) is 24.8 Å². The number of ether oxygens (including phenoxy) is 1. The molecule has 0 radical (unpaired) electrons. The number of hydrogen-bond acceptors (Lipinski definition) is 3. The lowest BCUT2D eigenvalue weighted by Crippen LogP contribution is -2.30. The predicted octanol–water partition coefficient (Wildman–Crippen LogP) is 3.74. The average molecular weight is 345 g/mol. The maximum absolute atomic E-state index is 12.3. The minimum atomic E-state index is 0.00275. The third-order valence-electron chi connectivity index (χ3n) is 4.23. The number of benzene rings is 1. The SMILES string of the molecule is O=C(CCCc1ccccc1)N1CC[C@@H](Oc2ccncc2Cl)C1. The molecule has 2 aromatic rings. The molecule has 4 nitrogen and oxygen atoms in total. The molecule has 5 heteroatoms. The summed E-state index contributed by atoms with van der Waals surface area (Å²) in [5.74, 6) is 0.841. The zero-order chi connectivity index (χ0) is 16.8. The highest BCUT2D eigenvalue weighted by Crippen LogP contribution is 2.25. The molecular formula is C19H21ClN2O2. The van der Waals surface area contributed by atoms with Crippen LogP contribution in [0, 0.1) is 0 Å². The molecule has 1 aromatic carbocycles. The van der Waals surface area contributed by atoms with Gasteiger partial charge in [-0.15, -0.1) is 0 Å². The highest BCUT2D eigenvalue weighted by molar-refractivity contribution is 6.31. The van der Waals surface area contributed by atoms with E-state index in [-0.39, 0.29) is 12.0 Å². The molecule has 2 heterocycles. The summed E-state index contributed by atoms with van der Waals surface area (Å²) in [5, 5.41) is 0.505. The Bertz CT molecular complexity index is 678. The predicted molar refractivity (Wildman–Crippen MR) is 94.2 cm³/mol. The maximum Gasteiger partial charge on any atom is 0.222 e. The standard InChI is InChI=1S/C19H21ClN2O2/c20-17-13-21-11-9-18(17)24-16-10-12-22(14-16)19(23)8-4-7-15-5-2-1-3-6-15/h1-3,5-6,9,11,13,16H,4,7-8,10,12,14H2/t16-/m1/s1. The van der Waals surface area contributed by atoms with E-state index in [1.54, 1.807) is 18.5 Å². The lowest BCUT2D eigenvalue weighted by atomic mass is 10.1. The van der Waals surface area contributed by atoms with Crippen LogP contribution in [0.4, 0.5) is 0 Å². The van der Waals surface area contributed by atoms with Crippen molar-refractivity contribution in [1.29, 1.82) is 0 Å². The van der Waals surface area contributed by atoms with Crippen LogP contribution in [0.15, 0.2) is 48.8 Å². The van der Waals surface area contributed by atoms with Gasteiger partial charge in [-0.3, -0.25) is 9.78 Å². The van der Waals surface area contributed by atoms with Gasteiger partial charge in [0.1, 0.15) is 16.9 Å². The number of rotatable bonds is 6. The normalized spacial score (nSPS) is 17.0. The molecule has 1 aliphatic heterocycles. The fraction of sp³-hybridized carbons (Fsp3) is 0.368. The number of aromatic nitrogens is 1. The Morgan fingerprint density at radius 1 is 1.29 bits per heavy atom. The van der Waals surface area contributed by atoms with Gasteiger partial charge < -0.3 is 9.64 Å². The fourth-order valence-corrected chi connectivity index (χ4v) is 3.10. The van der Waals surface area contributed by atoms with Gasteiger partial charge >= 0.3 is 0 Å². The van der Waals surface area contributed by atoms with Gasteiger partial charge in [-0.05, 0) is 18.4 Å². The number of halogens is 1. The van der Waals surface area contributed by atoms with E-state index < -0.39 is 0 Å². The van der Waals surface area contributed by atoms with E-state index in [1.165, 1.54) is 5.56 Å². The van der Waals surface area contributed by atoms with Crippen LogP contribution in [0.2, 0.25) is 5.02 Å². The van der Waals surface area contributed by atoms with Crippen LogP contribution < -0.4 is 4.74 Å². The van der Waals surface area contributed by atoms with Gasteiger partial charge in [0.25, 0.3) is 0 Å². The van der Waals surface area contributed by atoms with E-state index >= 15 is 0 Å². The van der Waals surface area contributed by atoms with Crippen molar-refractivity contribution >= 4 is 17.5 Å². The summed E-state index contributed by atoms with van der Waals surface area (Å²) in [7, 11) is 0. The van der Waals surface area contributed by atoms with E-state index in [1.807, 2.05) is 23.1 Å². The molecule has 3 rings (SSSR count). The van der Waals surface area contributed by atoms with Crippen LogP contribution in [-0.2, 0) is 11.2 Å². The number of carbonyl (C=O) groups is 1. The Morgan fingerprint density at radius 3 is 2.92 bits per heavy atom. The second-order valence-electron chi connectivity index (χ2n) is 6.01. The van der Waals surface area contributed by atoms with Crippen LogP contribution in [-0.4, -0.2) is 35.0 Å². The van der Waals surface area contributed by atoms with Crippen molar-refractivity contribution in [2.45, 2.75) is 31.8 Å². The van der Waals surface area contributed by atoms with Crippen molar-refractivity contribution in [3.63, 3.8) is 0 Å². The number of likely N-dealkylation sites (tertiary alicyclic amines) is 1. The second-order valence-corrected chi connectivity index (χ2v) is 6.42. The quantitative estimate of drug-likeness (QED) is 0.801. The third kappa shape index (κ3) is 4.48. The van der Waals surface area contributed by atoms with E-state index in [0.29, 0.717) is 23.7 Å². The van der Waals surface area contributed by atoms with E-state index in [2.05, 4.69) is 17.1 Å². The summed E-state index contributed by atoms with van der Waals surface area (Å²) in [6.45, 7) is 1.38. The molecule has 0 aliphatic carbocycles. The molecule has 0 spiro atoms. The first-order valence-electron chi connectivity index (χ1n) is 8.30. The minimum Gasteiger partial charge on any atom is -0.487 e. The molecule has 1 saturated heterocycles. The molecule has 1 fully saturated rings. The zero-order valence-corrected chi connectivity index (χ0v) is 14.3. The van der Waals surface area contributed by atoms with Gasteiger partial charge in [0.05, 0.1) is 6.54 Å². The van der Waals surface area contributed by atoms with Gasteiger partial charge in [0.15, 0.2) is 0 Å². The van der Waals surface area contributed by atoms with Crippen molar-refractivity contribution in [2.75, 3.05) is 13.1 Å². The highest BCUT2D eigenvalue weighted by Gasteiger charge is 2.27. The van der Waals surface area contributed by atoms with Crippen LogP contribution in [0.25, 0.3) is 0 Å². The maximum atomic E-state index is 12.3. The Kier molecular flexibility index (Phi) is 5.70.